The highest BCUT2D eigenvalue weighted by atomic mass is 35.5. The highest BCUT2D eigenvalue weighted by molar-refractivity contribution is 7.14. The number of aryl methyl sites for hydroxylation is 1. The van der Waals surface area contributed by atoms with E-state index in [1.54, 1.807) is 36.4 Å². The van der Waals surface area contributed by atoms with Crippen molar-refractivity contribution in [1.29, 1.82) is 0 Å². The van der Waals surface area contributed by atoms with Gasteiger partial charge in [-0.05, 0) is 61.5 Å². The molecule has 1 amide bonds. The molecule has 0 bridgehead atoms. The molecule has 0 radical (unpaired) electrons. The van der Waals surface area contributed by atoms with Crippen LogP contribution in [-0.4, -0.2) is 17.1 Å². The third-order valence-electron chi connectivity index (χ3n) is 5.44. The fraction of sp³-hybridized carbons (Fsp3) is 0.0357. The SMILES string of the molecule is Cc1ccc(Nc2nc(-c3ccc(C(=O)N/N=C\c4ccc(-c5ccc(Cl)c(Cl)c5)o4)cc3)cs2)cc1. The minimum absolute atomic E-state index is 0.334. The van der Waals surface area contributed by atoms with Gasteiger partial charge in [-0.2, -0.15) is 5.10 Å². The van der Waals surface area contributed by atoms with E-state index in [2.05, 4.69) is 27.8 Å². The molecule has 9 heteroatoms. The van der Waals surface area contributed by atoms with Crippen molar-refractivity contribution < 1.29 is 9.21 Å². The molecule has 37 heavy (non-hydrogen) atoms. The number of carbonyl (C=O) groups excluding carboxylic acids is 1. The van der Waals surface area contributed by atoms with E-state index in [-0.39, 0.29) is 5.91 Å². The van der Waals surface area contributed by atoms with Crippen LogP contribution in [0.1, 0.15) is 21.7 Å². The number of hydrazone groups is 1. The summed E-state index contributed by atoms with van der Waals surface area (Å²) in [5.74, 6) is 0.760. The Bertz CT molecular complexity index is 1570. The molecule has 0 saturated heterocycles. The first-order valence-electron chi connectivity index (χ1n) is 11.2. The van der Waals surface area contributed by atoms with Crippen molar-refractivity contribution >= 4 is 57.5 Å². The number of thiazole rings is 1. The number of furan rings is 1. The van der Waals surface area contributed by atoms with Crippen LogP contribution in [0.4, 0.5) is 10.8 Å². The molecule has 0 spiro atoms. The molecule has 3 aromatic carbocycles. The van der Waals surface area contributed by atoms with Gasteiger partial charge in [0.2, 0.25) is 0 Å². The zero-order valence-corrected chi connectivity index (χ0v) is 21.9. The molecule has 2 N–H and O–H groups in total. The van der Waals surface area contributed by atoms with Crippen molar-refractivity contribution in [3.05, 3.63) is 111 Å². The van der Waals surface area contributed by atoms with Crippen LogP contribution in [0.2, 0.25) is 10.0 Å². The number of carbonyl (C=O) groups is 1. The van der Waals surface area contributed by atoms with Gasteiger partial charge in [-0.15, -0.1) is 11.3 Å². The topological polar surface area (TPSA) is 79.5 Å². The van der Waals surface area contributed by atoms with Crippen molar-refractivity contribution in [2.75, 3.05) is 5.32 Å². The van der Waals surface area contributed by atoms with Crippen LogP contribution in [0.3, 0.4) is 0 Å². The molecule has 0 fully saturated rings. The Labute approximate surface area is 227 Å². The molecule has 2 aromatic heterocycles. The summed E-state index contributed by atoms with van der Waals surface area (Å²) in [6.07, 6.45) is 1.44. The lowest BCUT2D eigenvalue weighted by atomic mass is 10.1. The van der Waals surface area contributed by atoms with Gasteiger partial charge in [-0.3, -0.25) is 4.79 Å². The Kier molecular flexibility index (Phi) is 7.37. The Morgan fingerprint density at radius 1 is 0.946 bits per heavy atom. The Hall–Kier alpha value is -3.91. The van der Waals surface area contributed by atoms with Gasteiger partial charge in [0.05, 0.1) is 22.0 Å². The lowest BCUT2D eigenvalue weighted by Crippen LogP contribution is -2.17. The normalized spacial score (nSPS) is 11.1. The summed E-state index contributed by atoms with van der Waals surface area (Å²) in [4.78, 5) is 17.2. The predicted octanol–water partition coefficient (Wildman–Crippen LogP) is 8.19. The molecular weight excluding hydrogens is 527 g/mol. The Morgan fingerprint density at radius 2 is 1.70 bits per heavy atom. The molecule has 0 aliphatic rings. The number of nitrogens with one attached hydrogen (secondary N) is 2. The summed E-state index contributed by atoms with van der Waals surface area (Å²) < 4.78 is 5.75. The number of anilines is 2. The van der Waals surface area contributed by atoms with E-state index in [4.69, 9.17) is 27.6 Å². The second kappa shape index (κ2) is 11.0. The number of nitrogens with zero attached hydrogens (tertiary/aromatic N) is 2. The number of rotatable bonds is 7. The molecule has 0 aliphatic carbocycles. The summed E-state index contributed by atoms with van der Waals surface area (Å²) in [5.41, 5.74) is 7.72. The second-order valence-corrected chi connectivity index (χ2v) is 9.81. The number of aromatic nitrogens is 1. The first-order valence-corrected chi connectivity index (χ1v) is 12.9. The standard InChI is InChI=1S/C28H20Cl2N4O2S/c1-17-2-9-21(10-3-17)32-28-33-25(16-37-28)18-4-6-19(7-5-18)27(35)34-31-15-22-11-13-26(36-22)20-8-12-23(29)24(30)14-20/h2-16H,1H3,(H,32,33)(H,34,35)/b31-15-. The van der Waals surface area contributed by atoms with Gasteiger partial charge >= 0.3 is 0 Å². The third kappa shape index (κ3) is 6.09. The van der Waals surface area contributed by atoms with Crippen LogP contribution < -0.4 is 10.7 Å². The number of hydrogen-bond acceptors (Lipinski definition) is 6. The smallest absolute Gasteiger partial charge is 0.271 e. The first kappa shape index (κ1) is 24.8. The maximum Gasteiger partial charge on any atom is 0.271 e. The third-order valence-corrected chi connectivity index (χ3v) is 6.94. The largest absolute Gasteiger partial charge is 0.455 e. The van der Waals surface area contributed by atoms with E-state index in [0.29, 0.717) is 27.1 Å². The van der Waals surface area contributed by atoms with Crippen molar-refractivity contribution in [3.8, 4) is 22.6 Å². The Balaban J connectivity index is 1.18. The van der Waals surface area contributed by atoms with Crippen LogP contribution in [-0.2, 0) is 0 Å². The van der Waals surface area contributed by atoms with Crippen LogP contribution in [0.15, 0.2) is 93.8 Å². The van der Waals surface area contributed by atoms with Crippen molar-refractivity contribution in [2.45, 2.75) is 6.92 Å². The minimum Gasteiger partial charge on any atom is -0.455 e. The van der Waals surface area contributed by atoms with E-state index < -0.39 is 0 Å². The molecule has 2 heterocycles. The number of benzene rings is 3. The average Bonchev–Trinajstić information content (AvgIpc) is 3.57. The Morgan fingerprint density at radius 3 is 2.46 bits per heavy atom. The molecule has 6 nitrogen and oxygen atoms in total. The van der Waals surface area contributed by atoms with Crippen LogP contribution in [0, 0.1) is 6.92 Å². The van der Waals surface area contributed by atoms with Gasteiger partial charge in [0.25, 0.3) is 5.91 Å². The molecule has 0 atom stereocenters. The first-order chi connectivity index (χ1) is 17.9. The fourth-order valence-electron chi connectivity index (χ4n) is 3.46. The van der Waals surface area contributed by atoms with Crippen LogP contribution >= 0.6 is 34.5 Å². The summed E-state index contributed by atoms with van der Waals surface area (Å²) >= 11 is 13.6. The van der Waals surface area contributed by atoms with Crippen molar-refractivity contribution in [1.82, 2.24) is 10.4 Å². The van der Waals surface area contributed by atoms with Gasteiger partial charge in [-0.25, -0.2) is 10.4 Å². The van der Waals surface area contributed by atoms with Gasteiger partial charge in [0.15, 0.2) is 5.13 Å². The summed E-state index contributed by atoms with van der Waals surface area (Å²) in [6.45, 7) is 2.05. The molecule has 5 rings (SSSR count). The van der Waals surface area contributed by atoms with Crippen molar-refractivity contribution in [2.24, 2.45) is 5.10 Å². The average molecular weight is 547 g/mol. The highest BCUT2D eigenvalue weighted by Gasteiger charge is 2.09. The van der Waals surface area contributed by atoms with Crippen LogP contribution in [0.25, 0.3) is 22.6 Å². The highest BCUT2D eigenvalue weighted by Crippen LogP contribution is 2.30. The maximum atomic E-state index is 12.5. The summed E-state index contributed by atoms with van der Waals surface area (Å²) in [5, 5.41) is 11.0. The molecule has 0 saturated carbocycles. The van der Waals surface area contributed by atoms with Crippen LogP contribution in [0.5, 0.6) is 0 Å². The maximum absolute atomic E-state index is 12.5. The quantitative estimate of drug-likeness (QED) is 0.159. The molecule has 184 valence electrons. The van der Waals surface area contributed by atoms with E-state index in [1.165, 1.54) is 23.1 Å². The molecular formula is C28H20Cl2N4O2S. The lowest BCUT2D eigenvalue weighted by molar-refractivity contribution is 0.0955. The van der Waals surface area contributed by atoms with Gasteiger partial charge < -0.3 is 9.73 Å². The molecule has 5 aromatic rings. The number of hydrogen-bond donors (Lipinski definition) is 2. The zero-order chi connectivity index (χ0) is 25.8. The number of amides is 1. The van der Waals surface area contributed by atoms with E-state index in [1.807, 2.05) is 47.8 Å². The van der Waals surface area contributed by atoms with E-state index in [9.17, 15) is 4.79 Å². The zero-order valence-electron chi connectivity index (χ0n) is 19.5. The minimum atomic E-state index is -0.334. The van der Waals surface area contributed by atoms with Gasteiger partial charge in [-0.1, -0.05) is 53.0 Å². The predicted molar refractivity (Wildman–Crippen MR) is 151 cm³/mol. The van der Waals surface area contributed by atoms with Gasteiger partial charge in [0, 0.05) is 27.8 Å². The van der Waals surface area contributed by atoms with Gasteiger partial charge in [0.1, 0.15) is 11.5 Å². The fourth-order valence-corrected chi connectivity index (χ4v) is 4.50. The number of halogens is 2. The molecule has 0 unspecified atom stereocenters. The second-order valence-electron chi connectivity index (χ2n) is 8.14. The monoisotopic (exact) mass is 546 g/mol. The van der Waals surface area contributed by atoms with E-state index in [0.717, 1.165) is 27.6 Å². The summed E-state index contributed by atoms with van der Waals surface area (Å²) in [7, 11) is 0. The van der Waals surface area contributed by atoms with Crippen molar-refractivity contribution in [3.63, 3.8) is 0 Å². The molecule has 0 aliphatic heterocycles. The summed E-state index contributed by atoms with van der Waals surface area (Å²) in [6, 6.07) is 24.1. The lowest BCUT2D eigenvalue weighted by Gasteiger charge is -2.03. The van der Waals surface area contributed by atoms with E-state index >= 15 is 0 Å².